The molecular weight excluding hydrogens is 426 g/mol. The van der Waals surface area contributed by atoms with Gasteiger partial charge in [0.2, 0.25) is 5.91 Å². The largest absolute Gasteiger partial charge is 0.494 e. The van der Waals surface area contributed by atoms with Gasteiger partial charge in [0.05, 0.1) is 24.8 Å². The predicted molar refractivity (Wildman–Crippen MR) is 126 cm³/mol. The van der Waals surface area contributed by atoms with Gasteiger partial charge in [-0.1, -0.05) is 37.1 Å². The van der Waals surface area contributed by atoms with Crippen molar-refractivity contribution >= 4 is 29.1 Å². The van der Waals surface area contributed by atoms with Crippen molar-refractivity contribution in [3.05, 3.63) is 59.1 Å². The molecule has 2 saturated heterocycles. The van der Waals surface area contributed by atoms with Crippen LogP contribution in [0.1, 0.15) is 31.7 Å². The molecule has 0 aliphatic carbocycles. The zero-order valence-electron chi connectivity index (χ0n) is 18.5. The van der Waals surface area contributed by atoms with Crippen LogP contribution in [0.2, 0.25) is 5.02 Å². The molecule has 1 atom stereocenters. The van der Waals surface area contributed by atoms with Gasteiger partial charge in [0.25, 0.3) is 5.91 Å². The Morgan fingerprint density at radius 2 is 1.66 bits per heavy atom. The fourth-order valence-electron chi connectivity index (χ4n) is 4.28. The molecule has 0 radical (unpaired) electrons. The molecule has 2 aromatic carbocycles. The minimum absolute atomic E-state index is 0.124. The zero-order valence-corrected chi connectivity index (χ0v) is 19.3. The third kappa shape index (κ3) is 5.31. The van der Waals surface area contributed by atoms with Crippen molar-refractivity contribution in [2.75, 3.05) is 37.7 Å². The van der Waals surface area contributed by atoms with E-state index in [0.29, 0.717) is 12.3 Å². The van der Waals surface area contributed by atoms with Gasteiger partial charge in [-0.05, 0) is 48.4 Å². The van der Waals surface area contributed by atoms with Crippen molar-refractivity contribution < 1.29 is 14.3 Å². The molecule has 4 rings (SSSR count). The molecule has 1 unspecified atom stereocenters. The zero-order chi connectivity index (χ0) is 22.5. The standard InChI is InChI=1S/C25H30ClN3O3/c1-2-3-16-32-22-10-8-21(9-11-22)29-24(30)17-23(25(29)31)28-14-12-27(13-15-28)18-19-4-6-20(26)7-5-19/h4-11,23H,2-3,12-18H2,1H3. The first-order valence-corrected chi connectivity index (χ1v) is 11.7. The molecule has 2 amide bonds. The molecule has 7 heteroatoms. The van der Waals surface area contributed by atoms with Crippen LogP contribution < -0.4 is 9.64 Å². The van der Waals surface area contributed by atoms with E-state index < -0.39 is 0 Å². The van der Waals surface area contributed by atoms with E-state index in [-0.39, 0.29) is 24.3 Å². The van der Waals surface area contributed by atoms with Crippen LogP contribution in [0.15, 0.2) is 48.5 Å². The second kappa shape index (κ2) is 10.5. The van der Waals surface area contributed by atoms with Gasteiger partial charge < -0.3 is 4.74 Å². The summed E-state index contributed by atoms with van der Waals surface area (Å²) in [5.41, 5.74) is 1.84. The molecule has 2 aromatic rings. The van der Waals surface area contributed by atoms with Gasteiger partial charge in [-0.2, -0.15) is 0 Å². The smallest absolute Gasteiger partial charge is 0.251 e. The van der Waals surface area contributed by atoms with Crippen molar-refractivity contribution in [1.29, 1.82) is 0 Å². The van der Waals surface area contributed by atoms with E-state index in [1.807, 2.05) is 36.4 Å². The highest BCUT2D eigenvalue weighted by atomic mass is 35.5. The van der Waals surface area contributed by atoms with Gasteiger partial charge in [0, 0.05) is 37.7 Å². The molecule has 0 spiro atoms. The van der Waals surface area contributed by atoms with Gasteiger partial charge in [0.15, 0.2) is 0 Å². The molecule has 2 heterocycles. The van der Waals surface area contributed by atoms with E-state index in [0.717, 1.165) is 56.3 Å². The number of halogens is 1. The Morgan fingerprint density at radius 3 is 2.31 bits per heavy atom. The lowest BCUT2D eigenvalue weighted by Gasteiger charge is -2.37. The number of imide groups is 1. The summed E-state index contributed by atoms with van der Waals surface area (Å²) in [5.74, 6) is 0.499. The molecule has 170 valence electrons. The Bertz CT molecular complexity index is 924. The number of nitrogens with zero attached hydrogens (tertiary/aromatic N) is 3. The third-order valence-corrected chi connectivity index (χ3v) is 6.40. The van der Waals surface area contributed by atoms with Gasteiger partial charge in [-0.15, -0.1) is 0 Å². The Kier molecular flexibility index (Phi) is 7.45. The monoisotopic (exact) mass is 455 g/mol. The average Bonchev–Trinajstić information content (AvgIpc) is 3.10. The summed E-state index contributed by atoms with van der Waals surface area (Å²) < 4.78 is 5.68. The van der Waals surface area contributed by atoms with E-state index in [1.54, 1.807) is 12.1 Å². The van der Waals surface area contributed by atoms with Crippen LogP contribution in [-0.2, 0) is 16.1 Å². The number of hydrogen-bond donors (Lipinski definition) is 0. The molecule has 0 aromatic heterocycles. The molecular formula is C25H30ClN3O3. The third-order valence-electron chi connectivity index (χ3n) is 6.15. The number of anilines is 1. The van der Waals surface area contributed by atoms with E-state index in [2.05, 4.69) is 16.7 Å². The lowest BCUT2D eigenvalue weighted by molar-refractivity contribution is -0.123. The fraction of sp³-hybridized carbons (Fsp3) is 0.440. The quantitative estimate of drug-likeness (QED) is 0.445. The summed E-state index contributed by atoms with van der Waals surface area (Å²) in [7, 11) is 0. The summed E-state index contributed by atoms with van der Waals surface area (Å²) in [4.78, 5) is 31.7. The summed E-state index contributed by atoms with van der Waals surface area (Å²) in [6, 6.07) is 14.8. The van der Waals surface area contributed by atoms with Crippen LogP contribution in [-0.4, -0.2) is 60.4 Å². The maximum absolute atomic E-state index is 13.1. The van der Waals surface area contributed by atoms with Crippen LogP contribution in [0, 0.1) is 0 Å². The van der Waals surface area contributed by atoms with Crippen molar-refractivity contribution in [2.45, 2.75) is 38.8 Å². The Labute approximate surface area is 194 Å². The predicted octanol–water partition coefficient (Wildman–Crippen LogP) is 3.97. The number of ether oxygens (including phenoxy) is 1. The number of carbonyl (C=O) groups is 2. The minimum Gasteiger partial charge on any atom is -0.494 e. The van der Waals surface area contributed by atoms with Crippen molar-refractivity contribution in [3.8, 4) is 5.75 Å². The maximum atomic E-state index is 13.1. The molecule has 6 nitrogen and oxygen atoms in total. The number of benzene rings is 2. The lowest BCUT2D eigenvalue weighted by Crippen LogP contribution is -2.52. The van der Waals surface area contributed by atoms with E-state index >= 15 is 0 Å². The first kappa shape index (κ1) is 22.8. The van der Waals surface area contributed by atoms with Gasteiger partial charge in [0.1, 0.15) is 5.75 Å². The number of amides is 2. The number of carbonyl (C=O) groups excluding carboxylic acids is 2. The highest BCUT2D eigenvalue weighted by molar-refractivity contribution is 6.30. The number of rotatable bonds is 8. The minimum atomic E-state index is -0.374. The maximum Gasteiger partial charge on any atom is 0.251 e. The Balaban J connectivity index is 1.32. The Hall–Kier alpha value is -2.41. The molecule has 2 aliphatic heterocycles. The van der Waals surface area contributed by atoms with E-state index in [4.69, 9.17) is 16.3 Å². The van der Waals surface area contributed by atoms with Crippen LogP contribution in [0.5, 0.6) is 5.75 Å². The second-order valence-corrected chi connectivity index (χ2v) is 8.86. The van der Waals surface area contributed by atoms with Crippen LogP contribution in [0.3, 0.4) is 0 Å². The topological polar surface area (TPSA) is 53.1 Å². The summed E-state index contributed by atoms with van der Waals surface area (Å²) in [5, 5.41) is 0.742. The summed E-state index contributed by atoms with van der Waals surface area (Å²) in [6.45, 7) is 6.93. The number of unbranched alkanes of at least 4 members (excludes halogenated alkanes) is 1. The van der Waals surface area contributed by atoms with Crippen molar-refractivity contribution in [1.82, 2.24) is 9.80 Å². The first-order chi connectivity index (χ1) is 15.5. The molecule has 2 aliphatic rings. The molecule has 32 heavy (non-hydrogen) atoms. The highest BCUT2D eigenvalue weighted by Gasteiger charge is 2.43. The van der Waals surface area contributed by atoms with Gasteiger partial charge >= 0.3 is 0 Å². The fourth-order valence-corrected chi connectivity index (χ4v) is 4.41. The number of hydrogen-bond acceptors (Lipinski definition) is 5. The van der Waals surface area contributed by atoms with Crippen LogP contribution in [0.4, 0.5) is 5.69 Å². The van der Waals surface area contributed by atoms with Crippen molar-refractivity contribution in [2.24, 2.45) is 0 Å². The SMILES string of the molecule is CCCCOc1ccc(N2C(=O)CC(N3CCN(Cc4ccc(Cl)cc4)CC3)C2=O)cc1. The van der Waals surface area contributed by atoms with Crippen LogP contribution >= 0.6 is 11.6 Å². The second-order valence-electron chi connectivity index (χ2n) is 8.42. The van der Waals surface area contributed by atoms with Crippen molar-refractivity contribution in [3.63, 3.8) is 0 Å². The molecule has 0 bridgehead atoms. The van der Waals surface area contributed by atoms with E-state index in [9.17, 15) is 9.59 Å². The normalized spacial score (nSPS) is 20.2. The van der Waals surface area contributed by atoms with Gasteiger partial charge in [-0.3, -0.25) is 19.4 Å². The summed E-state index contributed by atoms with van der Waals surface area (Å²) in [6.07, 6.45) is 2.32. The van der Waals surface area contributed by atoms with E-state index in [1.165, 1.54) is 10.5 Å². The summed E-state index contributed by atoms with van der Waals surface area (Å²) >= 11 is 5.97. The Morgan fingerprint density at radius 1 is 0.969 bits per heavy atom. The lowest BCUT2D eigenvalue weighted by atomic mass is 10.1. The van der Waals surface area contributed by atoms with Gasteiger partial charge in [-0.25, -0.2) is 4.90 Å². The highest BCUT2D eigenvalue weighted by Crippen LogP contribution is 2.28. The molecule has 0 N–H and O–H groups in total. The molecule has 0 saturated carbocycles. The number of piperazine rings is 1. The average molecular weight is 456 g/mol. The first-order valence-electron chi connectivity index (χ1n) is 11.4. The molecule has 2 fully saturated rings. The van der Waals surface area contributed by atoms with Crippen LogP contribution in [0.25, 0.3) is 0 Å².